The van der Waals surface area contributed by atoms with Gasteiger partial charge in [-0.05, 0) is 4.01 Å². The number of anilines is 3. The Hall–Kier alpha value is -3.09. The predicted molar refractivity (Wildman–Crippen MR) is 125 cm³/mol. The predicted octanol–water partition coefficient (Wildman–Crippen LogP) is 3.69. The first-order valence-electron chi connectivity index (χ1n) is 8.98. The number of carbonyl (C=O) groups excluding carboxylic acids is 1. The molecule has 0 bridgehead atoms. The minimum atomic E-state index is -1.00. The number of nitrogen functional groups attached to an aromatic ring is 1. The van der Waals surface area contributed by atoms with Gasteiger partial charge in [0.25, 0.3) is 0 Å². The lowest BCUT2D eigenvalue weighted by atomic mass is 10.0. The molecule has 2 N–H and O–H groups in total. The number of urea groups is 1. The van der Waals surface area contributed by atoms with Crippen LogP contribution in [0.3, 0.4) is 0 Å². The number of amides is 2. The second kappa shape index (κ2) is 8.21. The molecule has 1 aromatic carbocycles. The van der Waals surface area contributed by atoms with Gasteiger partial charge in [-0.2, -0.15) is 0 Å². The molecule has 0 saturated carbocycles. The number of ether oxygens (including phenoxy) is 2. The van der Waals surface area contributed by atoms with Crippen LogP contribution in [-0.2, 0) is 6.54 Å². The Labute approximate surface area is 186 Å². The summed E-state index contributed by atoms with van der Waals surface area (Å²) in [6, 6.07) is 0.456. The number of methoxy groups -OCH3 is 2. The quantitative estimate of drug-likeness (QED) is 0.597. The van der Waals surface area contributed by atoms with Gasteiger partial charge in [0.2, 0.25) is 0 Å². The molecule has 8 nitrogen and oxygen atoms in total. The van der Waals surface area contributed by atoms with Gasteiger partial charge in [-0.3, -0.25) is 14.8 Å². The van der Waals surface area contributed by atoms with E-state index in [4.69, 9.17) is 15.2 Å². The van der Waals surface area contributed by atoms with Gasteiger partial charge < -0.3 is 15.2 Å². The highest BCUT2D eigenvalue weighted by Gasteiger charge is 2.37. The number of halogens is 3. The first-order chi connectivity index (χ1) is 14.9. The first-order valence-corrected chi connectivity index (χ1v) is 11.5. The van der Waals surface area contributed by atoms with Crippen molar-refractivity contribution in [1.29, 1.82) is 0 Å². The summed E-state index contributed by atoms with van der Waals surface area (Å²) >= 11 is -0.380. The molecular formula is C20H18F2IN5O3. The molecule has 11 heteroatoms. The van der Waals surface area contributed by atoms with Crippen molar-refractivity contribution >= 4 is 57.8 Å². The molecule has 2 aromatic rings. The number of rotatable bonds is 4. The van der Waals surface area contributed by atoms with E-state index in [1.54, 1.807) is 6.20 Å². The fourth-order valence-corrected chi connectivity index (χ4v) is 4.89. The summed E-state index contributed by atoms with van der Waals surface area (Å²) in [6.45, 7) is -0.117. The fourth-order valence-electron chi connectivity index (χ4n) is 3.52. The highest BCUT2D eigenvalue weighted by Crippen LogP contribution is 2.43. The van der Waals surface area contributed by atoms with Crippen molar-refractivity contribution in [2.75, 3.05) is 36.8 Å². The minimum Gasteiger partial charge on any atom is -0.493 e. The van der Waals surface area contributed by atoms with Crippen LogP contribution in [0.25, 0.3) is 5.57 Å². The van der Waals surface area contributed by atoms with Crippen LogP contribution < -0.4 is 25.0 Å². The van der Waals surface area contributed by atoms with Crippen LogP contribution >= 0.6 is 20.7 Å². The Morgan fingerprint density at radius 2 is 1.84 bits per heavy atom. The SMILES string of the molecule is COc1cc(OC)c(F)c(N2Cc3cnc(N)c(C4=CN=CI=C4)c3N(C)C2=O)c1F. The topological polar surface area (TPSA) is 93.3 Å². The molecule has 0 fully saturated rings. The minimum absolute atomic E-state index is 0.117. The summed E-state index contributed by atoms with van der Waals surface area (Å²) in [6.07, 6.45) is 3.16. The van der Waals surface area contributed by atoms with Crippen molar-refractivity contribution < 1.29 is 23.0 Å². The molecule has 0 radical (unpaired) electrons. The Morgan fingerprint density at radius 1 is 1.16 bits per heavy atom. The summed E-state index contributed by atoms with van der Waals surface area (Å²) in [5, 5.41) is 0. The van der Waals surface area contributed by atoms with E-state index in [1.165, 1.54) is 32.4 Å². The van der Waals surface area contributed by atoms with Crippen molar-refractivity contribution in [3.63, 3.8) is 0 Å². The van der Waals surface area contributed by atoms with Crippen LogP contribution in [0.4, 0.5) is 30.8 Å². The molecule has 1 aromatic heterocycles. The van der Waals surface area contributed by atoms with E-state index in [2.05, 4.69) is 9.98 Å². The smallest absolute Gasteiger partial charge is 0.329 e. The van der Waals surface area contributed by atoms with Crippen LogP contribution in [0.5, 0.6) is 11.5 Å². The standard InChI is InChI=1S/C20H18F2IN5O3/c1-27-17-11(7-26-19(24)14(17)10-5-23-9-25-6-10)8-28(20(27)29)18-15(21)12(30-2)4-13(31-3)16(18)22/h4-7,9H,8H2,1-3H3,(H2,24,26). The van der Waals surface area contributed by atoms with Crippen molar-refractivity contribution in [2.45, 2.75) is 6.54 Å². The van der Waals surface area contributed by atoms with Gasteiger partial charge in [0, 0.05) is 36.6 Å². The highest BCUT2D eigenvalue weighted by molar-refractivity contribution is 14.2. The Bertz CT molecular complexity index is 1150. The van der Waals surface area contributed by atoms with Gasteiger partial charge in [0.15, 0.2) is 23.1 Å². The molecule has 3 heterocycles. The number of nitrogens with zero attached hydrogens (tertiary/aromatic N) is 4. The second-order valence-electron chi connectivity index (χ2n) is 6.64. The first kappa shape index (κ1) is 21.2. The third-order valence-electron chi connectivity index (χ3n) is 4.95. The van der Waals surface area contributed by atoms with Crippen molar-refractivity contribution in [1.82, 2.24) is 4.98 Å². The average molecular weight is 541 g/mol. The van der Waals surface area contributed by atoms with E-state index in [-0.39, 0.29) is 44.6 Å². The number of carbonyl (C=O) groups is 1. The van der Waals surface area contributed by atoms with Crippen LogP contribution in [-0.4, -0.2) is 40.5 Å². The zero-order chi connectivity index (χ0) is 22.3. The van der Waals surface area contributed by atoms with Crippen molar-refractivity contribution in [3.8, 4) is 11.5 Å². The number of aliphatic imine (C=N–C) groups is 1. The van der Waals surface area contributed by atoms with Gasteiger partial charge in [0.1, 0.15) is 11.5 Å². The van der Waals surface area contributed by atoms with E-state index in [1.807, 2.05) is 8.23 Å². The van der Waals surface area contributed by atoms with Gasteiger partial charge in [-0.1, -0.05) is 20.7 Å². The van der Waals surface area contributed by atoms with E-state index >= 15 is 8.78 Å². The molecule has 0 unspecified atom stereocenters. The number of allylic oxidation sites excluding steroid dienone is 1. The lowest BCUT2D eigenvalue weighted by Crippen LogP contribution is -2.46. The molecule has 2 aliphatic heterocycles. The number of hydrogen-bond acceptors (Lipinski definition) is 6. The van der Waals surface area contributed by atoms with Gasteiger partial charge in [0.05, 0.1) is 36.2 Å². The van der Waals surface area contributed by atoms with Crippen LogP contribution in [0, 0.1) is 11.6 Å². The third kappa shape index (κ3) is 3.42. The van der Waals surface area contributed by atoms with Crippen molar-refractivity contribution in [2.24, 2.45) is 4.99 Å². The lowest BCUT2D eigenvalue weighted by molar-refractivity contribution is 0.250. The van der Waals surface area contributed by atoms with Gasteiger partial charge in [-0.15, -0.1) is 0 Å². The third-order valence-corrected chi connectivity index (χ3v) is 6.63. The maximum Gasteiger partial charge on any atom is 0.329 e. The maximum atomic E-state index is 15.1. The van der Waals surface area contributed by atoms with Crippen LogP contribution in [0.1, 0.15) is 11.1 Å². The molecule has 0 saturated heterocycles. The summed E-state index contributed by atoms with van der Waals surface area (Å²) in [5.41, 5.74) is 8.04. The number of benzene rings is 1. The Balaban J connectivity index is 1.89. The summed E-state index contributed by atoms with van der Waals surface area (Å²) < 4.78 is 44.0. The monoisotopic (exact) mass is 541 g/mol. The van der Waals surface area contributed by atoms with E-state index in [0.29, 0.717) is 16.8 Å². The summed E-state index contributed by atoms with van der Waals surface area (Å²) in [4.78, 5) is 24.0. The lowest BCUT2D eigenvalue weighted by Gasteiger charge is -2.36. The molecule has 0 aliphatic carbocycles. The molecular weight excluding hydrogens is 523 g/mol. The van der Waals surface area contributed by atoms with Gasteiger partial charge >= 0.3 is 6.03 Å². The zero-order valence-electron chi connectivity index (χ0n) is 16.8. The number of aromatic nitrogens is 1. The molecule has 4 rings (SSSR count). The Morgan fingerprint density at radius 3 is 2.42 bits per heavy atom. The molecule has 2 amide bonds. The fraction of sp³-hybridized carbons (Fsp3) is 0.200. The molecule has 162 valence electrons. The van der Waals surface area contributed by atoms with Crippen molar-refractivity contribution in [3.05, 3.63) is 41.2 Å². The molecule has 31 heavy (non-hydrogen) atoms. The van der Waals surface area contributed by atoms with E-state index < -0.39 is 23.4 Å². The highest BCUT2D eigenvalue weighted by atomic mass is 127. The van der Waals surface area contributed by atoms with Crippen LogP contribution in [0.2, 0.25) is 0 Å². The molecule has 2 aliphatic rings. The average Bonchev–Trinajstić information content (AvgIpc) is 2.78. The zero-order valence-corrected chi connectivity index (χ0v) is 19.0. The molecule has 0 spiro atoms. The summed E-state index contributed by atoms with van der Waals surface area (Å²) in [7, 11) is 4.01. The molecule has 0 atom stereocenters. The number of hydrogen-bond donors (Lipinski definition) is 1. The number of fused-ring (bicyclic) bond motifs is 1. The Kier molecular flexibility index (Phi) is 5.60. The number of nitrogens with two attached hydrogens (primary N) is 1. The number of pyridine rings is 1. The van der Waals surface area contributed by atoms with Gasteiger partial charge in [-0.25, -0.2) is 18.6 Å². The van der Waals surface area contributed by atoms with E-state index in [0.717, 1.165) is 16.5 Å². The summed E-state index contributed by atoms with van der Waals surface area (Å²) in [5.74, 6) is -2.24. The largest absolute Gasteiger partial charge is 0.493 e. The van der Waals surface area contributed by atoms with Crippen LogP contribution in [0.15, 0.2) is 23.5 Å². The normalized spacial score (nSPS) is 15.4. The second-order valence-corrected chi connectivity index (χ2v) is 8.54. The van der Waals surface area contributed by atoms with E-state index in [9.17, 15) is 4.79 Å². The maximum absolute atomic E-state index is 15.1.